The van der Waals surface area contributed by atoms with Gasteiger partial charge in [0.25, 0.3) is 0 Å². The summed E-state index contributed by atoms with van der Waals surface area (Å²) in [7, 11) is 0. The van der Waals surface area contributed by atoms with Crippen molar-refractivity contribution < 1.29 is 13.5 Å². The van der Waals surface area contributed by atoms with Gasteiger partial charge in [-0.25, -0.2) is 18.4 Å². The van der Waals surface area contributed by atoms with Crippen LogP contribution in [-0.4, -0.2) is 21.4 Å². The molecule has 1 atom stereocenters. The third kappa shape index (κ3) is 2.32. The molecule has 1 aliphatic heterocycles. The molecule has 3 aromatic rings. The first-order valence-electron chi connectivity index (χ1n) is 7.34. The summed E-state index contributed by atoms with van der Waals surface area (Å²) in [4.78, 5) is 3.90. The standard InChI is InChI=1S/C18H13F2N3O/c1-12(13-2-5-15(6-3-13)23-11-21-10-22-23)18(9-24-18)16-7-4-14(19)8-17(16)20/h2-8,10-11H,1,9H2. The zero-order valence-corrected chi connectivity index (χ0v) is 12.6. The van der Waals surface area contributed by atoms with Gasteiger partial charge in [0.1, 0.15) is 29.9 Å². The number of ether oxygens (including phenoxy) is 1. The highest BCUT2D eigenvalue weighted by Crippen LogP contribution is 2.49. The van der Waals surface area contributed by atoms with Gasteiger partial charge in [-0.3, -0.25) is 0 Å². The van der Waals surface area contributed by atoms with E-state index in [0.29, 0.717) is 17.7 Å². The Bertz CT molecular complexity index is 901. The van der Waals surface area contributed by atoms with E-state index < -0.39 is 17.2 Å². The number of hydrogen-bond donors (Lipinski definition) is 0. The van der Waals surface area contributed by atoms with Crippen molar-refractivity contribution in [1.29, 1.82) is 0 Å². The lowest BCUT2D eigenvalue weighted by molar-refractivity contribution is 0.357. The lowest BCUT2D eigenvalue weighted by Gasteiger charge is -2.17. The van der Waals surface area contributed by atoms with E-state index in [4.69, 9.17) is 4.74 Å². The minimum Gasteiger partial charge on any atom is -0.359 e. The van der Waals surface area contributed by atoms with Crippen LogP contribution in [0.25, 0.3) is 11.3 Å². The Balaban J connectivity index is 1.66. The van der Waals surface area contributed by atoms with Crippen molar-refractivity contribution in [3.8, 4) is 5.69 Å². The fourth-order valence-electron chi connectivity index (χ4n) is 2.77. The molecule has 0 N–H and O–H groups in total. The minimum atomic E-state index is -0.924. The molecule has 2 heterocycles. The van der Waals surface area contributed by atoms with Crippen molar-refractivity contribution in [3.63, 3.8) is 0 Å². The number of aromatic nitrogens is 3. The number of halogens is 2. The van der Waals surface area contributed by atoms with Crippen LogP contribution >= 0.6 is 0 Å². The van der Waals surface area contributed by atoms with Crippen molar-refractivity contribution >= 4 is 5.57 Å². The van der Waals surface area contributed by atoms with Gasteiger partial charge in [-0.2, -0.15) is 5.10 Å². The molecular formula is C18H13F2N3O. The summed E-state index contributed by atoms with van der Waals surface area (Å²) in [5.74, 6) is -1.25. The molecule has 0 radical (unpaired) electrons. The maximum absolute atomic E-state index is 14.1. The second-order valence-electron chi connectivity index (χ2n) is 5.61. The fourth-order valence-corrected chi connectivity index (χ4v) is 2.77. The normalized spacial score (nSPS) is 19.2. The predicted molar refractivity (Wildman–Crippen MR) is 84.4 cm³/mol. The van der Waals surface area contributed by atoms with Gasteiger partial charge in [-0.1, -0.05) is 18.7 Å². The lowest BCUT2D eigenvalue weighted by atomic mass is 9.87. The van der Waals surface area contributed by atoms with Crippen LogP contribution in [0.1, 0.15) is 11.1 Å². The Morgan fingerprint density at radius 2 is 1.92 bits per heavy atom. The zero-order valence-electron chi connectivity index (χ0n) is 12.6. The molecule has 6 heteroatoms. The van der Waals surface area contributed by atoms with Gasteiger partial charge < -0.3 is 4.74 Å². The van der Waals surface area contributed by atoms with Crippen LogP contribution in [0.15, 0.2) is 61.7 Å². The van der Waals surface area contributed by atoms with Gasteiger partial charge in [0.15, 0.2) is 0 Å². The van der Waals surface area contributed by atoms with Crippen LogP contribution in [0.5, 0.6) is 0 Å². The van der Waals surface area contributed by atoms with Gasteiger partial charge in [-0.05, 0) is 35.4 Å². The van der Waals surface area contributed by atoms with E-state index in [0.717, 1.165) is 17.3 Å². The van der Waals surface area contributed by atoms with Gasteiger partial charge in [-0.15, -0.1) is 0 Å². The number of rotatable bonds is 4. The summed E-state index contributed by atoms with van der Waals surface area (Å²) in [6, 6.07) is 11.0. The summed E-state index contributed by atoms with van der Waals surface area (Å²) < 4.78 is 34.4. The second kappa shape index (κ2) is 5.35. The highest BCUT2D eigenvalue weighted by Gasteiger charge is 2.51. The molecule has 1 aromatic heterocycles. The average Bonchev–Trinajstić information content (AvgIpc) is 3.19. The molecule has 1 saturated heterocycles. The number of epoxide rings is 1. The van der Waals surface area contributed by atoms with E-state index in [1.807, 2.05) is 24.3 Å². The van der Waals surface area contributed by atoms with Crippen LogP contribution in [0.3, 0.4) is 0 Å². The summed E-state index contributed by atoms with van der Waals surface area (Å²) in [6.07, 6.45) is 3.06. The summed E-state index contributed by atoms with van der Waals surface area (Å²) in [6.45, 7) is 4.39. The van der Waals surface area contributed by atoms with Gasteiger partial charge >= 0.3 is 0 Å². The van der Waals surface area contributed by atoms with E-state index in [2.05, 4.69) is 16.7 Å². The second-order valence-corrected chi connectivity index (χ2v) is 5.61. The lowest BCUT2D eigenvalue weighted by Crippen LogP contribution is -2.13. The molecule has 0 bridgehead atoms. The van der Waals surface area contributed by atoms with E-state index in [9.17, 15) is 8.78 Å². The van der Waals surface area contributed by atoms with Gasteiger partial charge in [0, 0.05) is 11.6 Å². The van der Waals surface area contributed by atoms with Crippen molar-refractivity contribution in [2.45, 2.75) is 5.60 Å². The first kappa shape index (κ1) is 14.7. The molecule has 4 nitrogen and oxygen atoms in total. The topological polar surface area (TPSA) is 43.2 Å². The Morgan fingerprint density at radius 3 is 2.50 bits per heavy atom. The van der Waals surface area contributed by atoms with Crippen LogP contribution in [0, 0.1) is 11.6 Å². The van der Waals surface area contributed by atoms with Crippen LogP contribution in [0.4, 0.5) is 8.78 Å². The molecule has 0 aliphatic carbocycles. The van der Waals surface area contributed by atoms with Crippen LogP contribution < -0.4 is 0 Å². The summed E-state index contributed by atoms with van der Waals surface area (Å²) >= 11 is 0. The Kier molecular flexibility index (Phi) is 3.28. The van der Waals surface area contributed by atoms with E-state index in [-0.39, 0.29) is 0 Å². The highest BCUT2D eigenvalue weighted by atomic mass is 19.1. The Hall–Kier alpha value is -2.86. The number of nitrogens with zero attached hydrogens (tertiary/aromatic N) is 3. The Labute approximate surface area is 137 Å². The smallest absolute Gasteiger partial charge is 0.144 e. The molecule has 0 amide bonds. The molecule has 120 valence electrons. The summed E-state index contributed by atoms with van der Waals surface area (Å²) in [5.41, 5.74) is 1.68. The predicted octanol–water partition coefficient (Wildman–Crippen LogP) is 3.48. The average molecular weight is 325 g/mol. The maximum atomic E-state index is 14.1. The fraction of sp³-hybridized carbons (Fsp3) is 0.111. The van der Waals surface area contributed by atoms with Crippen molar-refractivity contribution in [1.82, 2.24) is 14.8 Å². The third-order valence-corrected chi connectivity index (χ3v) is 4.19. The maximum Gasteiger partial charge on any atom is 0.144 e. The number of hydrogen-bond acceptors (Lipinski definition) is 3. The molecule has 1 fully saturated rings. The van der Waals surface area contributed by atoms with Crippen molar-refractivity contribution in [2.75, 3.05) is 6.61 Å². The minimum absolute atomic E-state index is 0.300. The number of benzene rings is 2. The Morgan fingerprint density at radius 1 is 1.17 bits per heavy atom. The first-order chi connectivity index (χ1) is 11.6. The zero-order chi connectivity index (χ0) is 16.7. The molecule has 1 aliphatic rings. The molecule has 0 saturated carbocycles. The summed E-state index contributed by atoms with van der Waals surface area (Å²) in [5, 5.41) is 4.06. The van der Waals surface area contributed by atoms with Gasteiger partial charge in [0.05, 0.1) is 12.3 Å². The molecular weight excluding hydrogens is 312 g/mol. The quantitative estimate of drug-likeness (QED) is 0.690. The SMILES string of the molecule is C=C(c1ccc(-n2cncn2)cc1)C1(c2ccc(F)cc2F)CO1. The molecule has 2 aromatic carbocycles. The van der Waals surface area contributed by atoms with Crippen molar-refractivity contribution in [3.05, 3.63) is 84.5 Å². The molecule has 0 spiro atoms. The van der Waals surface area contributed by atoms with Crippen molar-refractivity contribution in [2.24, 2.45) is 0 Å². The monoisotopic (exact) mass is 325 g/mol. The first-order valence-corrected chi connectivity index (χ1v) is 7.34. The molecule has 1 unspecified atom stereocenters. The van der Waals surface area contributed by atoms with E-state index in [1.54, 1.807) is 11.0 Å². The van der Waals surface area contributed by atoms with Gasteiger partial charge in [0.2, 0.25) is 0 Å². The highest BCUT2D eigenvalue weighted by molar-refractivity contribution is 5.75. The molecule has 24 heavy (non-hydrogen) atoms. The van der Waals surface area contributed by atoms with Crippen LogP contribution in [0.2, 0.25) is 0 Å². The molecule has 4 rings (SSSR count). The van der Waals surface area contributed by atoms with Crippen LogP contribution in [-0.2, 0) is 10.3 Å². The van der Waals surface area contributed by atoms with E-state index >= 15 is 0 Å². The largest absolute Gasteiger partial charge is 0.359 e. The third-order valence-electron chi connectivity index (χ3n) is 4.19. The van der Waals surface area contributed by atoms with E-state index in [1.165, 1.54) is 18.5 Å².